The Morgan fingerprint density at radius 2 is 2.06 bits per heavy atom. The summed E-state index contributed by atoms with van der Waals surface area (Å²) < 4.78 is 47.8. The van der Waals surface area contributed by atoms with E-state index >= 15 is 0 Å². The summed E-state index contributed by atoms with van der Waals surface area (Å²) in [5, 5.41) is 13.2. The molecule has 6 nitrogen and oxygen atoms in total. The number of carbonyl (C=O) groups excluding carboxylic acids is 1. The van der Waals surface area contributed by atoms with Gasteiger partial charge in [0.15, 0.2) is 5.69 Å². The van der Waals surface area contributed by atoms with Crippen LogP contribution in [0.2, 0.25) is 0 Å². The van der Waals surface area contributed by atoms with Gasteiger partial charge >= 0.3 is 6.18 Å². The van der Waals surface area contributed by atoms with Gasteiger partial charge < -0.3 is 9.64 Å². The standard InChI is InChI=1S/C25H21F3N4O2S/c1-3-32-14-21(24(30-32)25(26,27)28)18-8-5-4-7-17(18)20-13-31(23(33)9-6-10-34-2)15-22-19(20)11-16(12-29)35-22/h4-5,7-8,11,14,20H,3,10,13,15H2,1-2H3/t20-/m0/s1. The number of nitriles is 1. The highest BCUT2D eigenvalue weighted by Gasteiger charge is 2.39. The van der Waals surface area contributed by atoms with Crippen LogP contribution in [0, 0.1) is 23.2 Å². The second-order valence-corrected chi connectivity index (χ2v) is 9.04. The number of hydrogen-bond acceptors (Lipinski definition) is 5. The molecule has 10 heteroatoms. The van der Waals surface area contributed by atoms with E-state index in [9.17, 15) is 23.2 Å². The molecule has 1 aromatic carbocycles. The summed E-state index contributed by atoms with van der Waals surface area (Å²) in [4.78, 5) is 15.6. The zero-order chi connectivity index (χ0) is 25.2. The summed E-state index contributed by atoms with van der Waals surface area (Å²) >= 11 is 1.28. The molecule has 0 bridgehead atoms. The van der Waals surface area contributed by atoms with E-state index in [0.717, 1.165) is 10.4 Å². The quantitative estimate of drug-likeness (QED) is 0.491. The number of aryl methyl sites for hydroxylation is 1. The van der Waals surface area contributed by atoms with Gasteiger partial charge in [-0.05, 0) is 35.6 Å². The summed E-state index contributed by atoms with van der Waals surface area (Å²) in [5.74, 6) is 4.36. The Hall–Kier alpha value is -3.60. The van der Waals surface area contributed by atoms with Gasteiger partial charge in [0.05, 0.1) is 6.54 Å². The monoisotopic (exact) mass is 498 g/mol. The van der Waals surface area contributed by atoms with Crippen molar-refractivity contribution in [3.8, 4) is 29.0 Å². The summed E-state index contributed by atoms with van der Waals surface area (Å²) in [6.07, 6.45) is -3.23. The molecule has 0 N–H and O–H groups in total. The van der Waals surface area contributed by atoms with Crippen molar-refractivity contribution in [2.24, 2.45) is 0 Å². The molecule has 3 aromatic rings. The van der Waals surface area contributed by atoms with Gasteiger partial charge in [0.25, 0.3) is 5.91 Å². The molecule has 0 spiro atoms. The van der Waals surface area contributed by atoms with Gasteiger partial charge in [-0.1, -0.05) is 30.2 Å². The van der Waals surface area contributed by atoms with Gasteiger partial charge in [0.1, 0.15) is 17.6 Å². The minimum atomic E-state index is -4.63. The molecule has 1 amide bonds. The van der Waals surface area contributed by atoms with Crippen molar-refractivity contribution in [2.45, 2.75) is 32.1 Å². The molecular formula is C25H21F3N4O2S. The van der Waals surface area contributed by atoms with Crippen LogP contribution in [0.1, 0.15) is 39.4 Å². The second kappa shape index (κ2) is 9.95. The van der Waals surface area contributed by atoms with Gasteiger partial charge in [-0.2, -0.15) is 23.5 Å². The minimum absolute atomic E-state index is 0.0180. The number of methoxy groups -OCH3 is 1. The topological polar surface area (TPSA) is 71.2 Å². The van der Waals surface area contributed by atoms with Crippen LogP contribution < -0.4 is 0 Å². The van der Waals surface area contributed by atoms with Gasteiger partial charge in [0, 0.05) is 42.8 Å². The second-order valence-electron chi connectivity index (χ2n) is 7.91. The fourth-order valence-corrected chi connectivity index (χ4v) is 5.23. The average molecular weight is 499 g/mol. The largest absolute Gasteiger partial charge is 0.435 e. The van der Waals surface area contributed by atoms with E-state index in [1.807, 2.05) is 0 Å². The number of halogens is 3. The molecule has 0 unspecified atom stereocenters. The third kappa shape index (κ3) is 4.95. The van der Waals surface area contributed by atoms with E-state index in [4.69, 9.17) is 4.74 Å². The Morgan fingerprint density at radius 3 is 2.74 bits per heavy atom. The highest BCUT2D eigenvalue weighted by Crippen LogP contribution is 2.44. The smallest absolute Gasteiger partial charge is 0.372 e. The van der Waals surface area contributed by atoms with E-state index < -0.39 is 23.7 Å². The van der Waals surface area contributed by atoms with Crippen molar-refractivity contribution in [3.63, 3.8) is 0 Å². The van der Waals surface area contributed by atoms with E-state index in [0.29, 0.717) is 16.0 Å². The maximum Gasteiger partial charge on any atom is 0.435 e. The molecule has 1 aliphatic rings. The number of fused-ring (bicyclic) bond motifs is 1. The summed E-state index contributed by atoms with van der Waals surface area (Å²) in [6, 6.07) is 10.7. The highest BCUT2D eigenvalue weighted by molar-refractivity contribution is 7.12. The van der Waals surface area contributed by atoms with Gasteiger partial charge in [-0.15, -0.1) is 11.3 Å². The van der Waals surface area contributed by atoms with E-state index in [1.165, 1.54) is 29.3 Å². The number of rotatable bonds is 4. The van der Waals surface area contributed by atoms with Crippen LogP contribution in [0.3, 0.4) is 0 Å². The first-order chi connectivity index (χ1) is 16.8. The van der Waals surface area contributed by atoms with Crippen LogP contribution in [-0.2, 0) is 28.8 Å². The fraction of sp³-hybridized carbons (Fsp3) is 0.320. The first-order valence-corrected chi connectivity index (χ1v) is 11.6. The number of thiophene rings is 1. The summed E-state index contributed by atoms with van der Waals surface area (Å²) in [7, 11) is 1.48. The lowest BCUT2D eigenvalue weighted by molar-refractivity contribution is -0.141. The Balaban J connectivity index is 1.84. The molecule has 0 saturated heterocycles. The molecule has 1 atom stereocenters. The van der Waals surface area contributed by atoms with E-state index in [1.54, 1.807) is 42.2 Å². The lowest BCUT2D eigenvalue weighted by Crippen LogP contribution is -2.37. The van der Waals surface area contributed by atoms with Crippen LogP contribution in [0.15, 0.2) is 36.5 Å². The molecule has 4 rings (SSSR count). The molecular weight excluding hydrogens is 477 g/mol. The minimum Gasteiger partial charge on any atom is -0.372 e. The Labute approximate surface area is 204 Å². The molecule has 2 aromatic heterocycles. The summed E-state index contributed by atoms with van der Waals surface area (Å²) in [6.45, 7) is 2.62. The Kier molecular flexibility index (Phi) is 6.97. The van der Waals surface area contributed by atoms with Crippen LogP contribution in [0.25, 0.3) is 11.1 Å². The molecule has 35 heavy (non-hydrogen) atoms. The van der Waals surface area contributed by atoms with Gasteiger partial charge in [-0.3, -0.25) is 9.48 Å². The summed E-state index contributed by atoms with van der Waals surface area (Å²) in [5.41, 5.74) is 0.878. The Morgan fingerprint density at radius 1 is 1.29 bits per heavy atom. The first kappa shape index (κ1) is 24.5. The van der Waals surface area contributed by atoms with Gasteiger partial charge in [0.2, 0.25) is 0 Å². The lowest BCUT2D eigenvalue weighted by atomic mass is 9.83. The first-order valence-electron chi connectivity index (χ1n) is 10.8. The maximum atomic E-state index is 13.9. The number of benzene rings is 1. The predicted molar refractivity (Wildman–Crippen MR) is 124 cm³/mol. The number of nitrogens with zero attached hydrogens (tertiary/aromatic N) is 4. The molecule has 0 saturated carbocycles. The number of aromatic nitrogens is 2. The number of hydrogen-bond donors (Lipinski definition) is 0. The molecule has 180 valence electrons. The van der Waals surface area contributed by atoms with Crippen LogP contribution in [0.5, 0.6) is 0 Å². The SMILES string of the molecule is CCn1cc(-c2ccccc2[C@@H]2CN(C(=O)C#CCOC)Cc3sc(C#N)cc32)c(C(F)(F)F)n1. The number of ether oxygens (including phenoxy) is 1. The van der Waals surface area contributed by atoms with Crippen molar-refractivity contribution in [1.29, 1.82) is 5.26 Å². The van der Waals surface area contributed by atoms with Crippen molar-refractivity contribution < 1.29 is 22.7 Å². The lowest BCUT2D eigenvalue weighted by Gasteiger charge is -2.33. The van der Waals surface area contributed by atoms with Crippen molar-refractivity contribution in [3.05, 3.63) is 63.1 Å². The van der Waals surface area contributed by atoms with Crippen LogP contribution in [-0.4, -0.2) is 40.8 Å². The van der Waals surface area contributed by atoms with Crippen molar-refractivity contribution in [2.75, 3.05) is 20.3 Å². The number of amides is 1. The predicted octanol–water partition coefficient (Wildman–Crippen LogP) is 4.65. The normalized spacial score (nSPS) is 15.2. The maximum absolute atomic E-state index is 13.9. The van der Waals surface area contributed by atoms with E-state index in [2.05, 4.69) is 23.0 Å². The van der Waals surface area contributed by atoms with Gasteiger partial charge in [-0.25, -0.2) is 0 Å². The van der Waals surface area contributed by atoms with Crippen molar-refractivity contribution >= 4 is 17.2 Å². The third-order valence-corrected chi connectivity index (χ3v) is 6.78. The molecule has 3 heterocycles. The third-order valence-electron chi connectivity index (χ3n) is 5.74. The van der Waals surface area contributed by atoms with Crippen LogP contribution in [0.4, 0.5) is 13.2 Å². The van der Waals surface area contributed by atoms with E-state index in [-0.39, 0.29) is 31.8 Å². The molecule has 0 fully saturated rings. The number of alkyl halides is 3. The average Bonchev–Trinajstić information content (AvgIpc) is 3.47. The molecule has 0 aliphatic carbocycles. The van der Waals surface area contributed by atoms with Crippen LogP contribution >= 0.6 is 11.3 Å². The zero-order valence-corrected chi connectivity index (χ0v) is 19.8. The van der Waals surface area contributed by atoms with Crippen molar-refractivity contribution in [1.82, 2.24) is 14.7 Å². The highest BCUT2D eigenvalue weighted by atomic mass is 32.1. The molecule has 0 radical (unpaired) electrons. The fourth-order valence-electron chi connectivity index (χ4n) is 4.19. The number of carbonyl (C=O) groups is 1. The molecule has 1 aliphatic heterocycles. The Bertz CT molecular complexity index is 1360. The zero-order valence-electron chi connectivity index (χ0n) is 19.0.